The van der Waals surface area contributed by atoms with Gasteiger partial charge in [0, 0.05) is 11.4 Å². The molecule has 1 amide bonds. The van der Waals surface area contributed by atoms with Crippen molar-refractivity contribution in [2.45, 2.75) is 6.92 Å². The van der Waals surface area contributed by atoms with Crippen LogP contribution in [0.15, 0.2) is 15.7 Å². The largest absolute Gasteiger partial charge is 0.465 e. The molecule has 0 bridgehead atoms. The van der Waals surface area contributed by atoms with Crippen LogP contribution in [0.5, 0.6) is 0 Å². The van der Waals surface area contributed by atoms with Gasteiger partial charge in [-0.2, -0.15) is 0 Å². The smallest absolute Gasteiger partial charge is 0.341 e. The highest BCUT2D eigenvalue weighted by Crippen LogP contribution is 2.40. The number of hydrogen-bond acceptors (Lipinski definition) is 5. The van der Waals surface area contributed by atoms with E-state index in [0.29, 0.717) is 4.47 Å². The molecule has 0 aromatic heterocycles. The summed E-state index contributed by atoms with van der Waals surface area (Å²) in [7, 11) is 1.15. The number of rotatable bonds is 3. The third-order valence-electron chi connectivity index (χ3n) is 1.99. The monoisotopic (exact) mass is 334 g/mol. The van der Waals surface area contributed by atoms with Crippen molar-refractivity contribution < 1.29 is 14.3 Å². The number of halogens is 2. The standard InChI is InChI=1S/C10H8BrClN2O4/c1-4(15)13-8-5(11)3-6(12)7(9(8)14-17)10(16)18-2/h3H,1-2H3,(H,13,15). The lowest BCUT2D eigenvalue weighted by Crippen LogP contribution is -2.10. The molecular formula is C10H8BrClN2O4. The first kappa shape index (κ1) is 14.6. The first-order valence-corrected chi connectivity index (χ1v) is 5.80. The van der Waals surface area contributed by atoms with Crippen molar-refractivity contribution >= 4 is 50.8 Å². The lowest BCUT2D eigenvalue weighted by atomic mass is 10.1. The number of amides is 1. The topological polar surface area (TPSA) is 84.8 Å². The number of carbonyl (C=O) groups is 2. The van der Waals surface area contributed by atoms with Crippen LogP contribution >= 0.6 is 27.5 Å². The molecule has 0 aliphatic heterocycles. The van der Waals surface area contributed by atoms with E-state index < -0.39 is 11.9 Å². The SMILES string of the molecule is COC(=O)c1c(Cl)cc(Br)c(NC(C)=O)c1N=O. The van der Waals surface area contributed by atoms with Crippen LogP contribution in [0.25, 0.3) is 0 Å². The Kier molecular flexibility index (Phi) is 4.80. The lowest BCUT2D eigenvalue weighted by Gasteiger charge is -2.12. The summed E-state index contributed by atoms with van der Waals surface area (Å²) < 4.78 is 4.85. The molecule has 0 unspecified atom stereocenters. The Morgan fingerprint density at radius 3 is 2.56 bits per heavy atom. The average molecular weight is 336 g/mol. The highest BCUT2D eigenvalue weighted by atomic mass is 79.9. The van der Waals surface area contributed by atoms with E-state index in [1.807, 2.05) is 0 Å². The molecular weight excluding hydrogens is 327 g/mol. The highest BCUT2D eigenvalue weighted by molar-refractivity contribution is 9.10. The maximum absolute atomic E-state index is 11.5. The van der Waals surface area contributed by atoms with Crippen molar-refractivity contribution in [1.29, 1.82) is 0 Å². The van der Waals surface area contributed by atoms with Crippen molar-refractivity contribution in [1.82, 2.24) is 0 Å². The van der Waals surface area contributed by atoms with Crippen molar-refractivity contribution in [3.8, 4) is 0 Å². The molecule has 0 spiro atoms. The van der Waals surface area contributed by atoms with Gasteiger partial charge in [-0.25, -0.2) is 4.79 Å². The van der Waals surface area contributed by atoms with E-state index in [0.717, 1.165) is 7.11 Å². The van der Waals surface area contributed by atoms with E-state index in [4.69, 9.17) is 11.6 Å². The summed E-state index contributed by atoms with van der Waals surface area (Å²) in [6.07, 6.45) is 0. The molecule has 18 heavy (non-hydrogen) atoms. The predicted molar refractivity (Wildman–Crippen MR) is 70.3 cm³/mol. The van der Waals surface area contributed by atoms with Crippen molar-refractivity contribution in [2.75, 3.05) is 12.4 Å². The van der Waals surface area contributed by atoms with Gasteiger partial charge in [0.05, 0.1) is 17.8 Å². The summed E-state index contributed by atoms with van der Waals surface area (Å²) in [6.45, 7) is 1.26. The zero-order valence-corrected chi connectivity index (χ0v) is 11.8. The van der Waals surface area contributed by atoms with Gasteiger partial charge in [0.1, 0.15) is 11.3 Å². The van der Waals surface area contributed by atoms with Crippen molar-refractivity contribution in [3.63, 3.8) is 0 Å². The molecule has 0 heterocycles. The molecule has 0 fully saturated rings. The first-order chi connectivity index (χ1) is 8.42. The fourth-order valence-corrected chi connectivity index (χ4v) is 2.21. The third-order valence-corrected chi connectivity index (χ3v) is 2.91. The number of anilines is 1. The zero-order chi connectivity index (χ0) is 13.9. The molecule has 0 radical (unpaired) electrons. The number of methoxy groups -OCH3 is 1. The summed E-state index contributed by atoms with van der Waals surface area (Å²) in [6, 6.07) is 1.37. The normalized spacial score (nSPS) is 9.78. The quantitative estimate of drug-likeness (QED) is 0.679. The minimum absolute atomic E-state index is 0.00238. The van der Waals surface area contributed by atoms with Crippen LogP contribution in [0.4, 0.5) is 11.4 Å². The number of nitroso groups, excluding NO2 is 1. The second-order valence-corrected chi connectivity index (χ2v) is 4.46. The summed E-state index contributed by atoms with van der Waals surface area (Å²) in [5.41, 5.74) is -0.403. The molecule has 0 saturated carbocycles. The van der Waals surface area contributed by atoms with E-state index in [9.17, 15) is 14.5 Å². The molecule has 1 aromatic rings. The van der Waals surface area contributed by atoms with Gasteiger partial charge < -0.3 is 10.1 Å². The van der Waals surface area contributed by atoms with Crippen LogP contribution in [-0.4, -0.2) is 19.0 Å². The van der Waals surface area contributed by atoms with Crippen molar-refractivity contribution in [2.24, 2.45) is 5.18 Å². The van der Waals surface area contributed by atoms with E-state index in [2.05, 4.69) is 31.2 Å². The van der Waals surface area contributed by atoms with Crippen LogP contribution in [0, 0.1) is 4.91 Å². The number of ether oxygens (including phenoxy) is 1. The van der Waals surface area contributed by atoms with Gasteiger partial charge in [0.25, 0.3) is 0 Å². The second kappa shape index (κ2) is 5.92. The van der Waals surface area contributed by atoms with E-state index in [1.54, 1.807) is 0 Å². The fourth-order valence-electron chi connectivity index (χ4n) is 1.29. The lowest BCUT2D eigenvalue weighted by molar-refractivity contribution is -0.114. The van der Waals surface area contributed by atoms with Gasteiger partial charge in [-0.3, -0.25) is 4.79 Å². The minimum Gasteiger partial charge on any atom is -0.465 e. The first-order valence-electron chi connectivity index (χ1n) is 4.63. The number of nitrogens with one attached hydrogen (secondary N) is 1. The Bertz CT molecular complexity index is 533. The number of carbonyl (C=O) groups excluding carboxylic acids is 2. The van der Waals surface area contributed by atoms with Crippen LogP contribution in [0.1, 0.15) is 17.3 Å². The van der Waals surface area contributed by atoms with Gasteiger partial charge in [0.15, 0.2) is 0 Å². The van der Waals surface area contributed by atoms with Crippen LogP contribution < -0.4 is 5.32 Å². The summed E-state index contributed by atoms with van der Waals surface area (Å²) in [5.74, 6) is -1.23. The number of nitrogens with zero attached hydrogens (tertiary/aromatic N) is 1. The van der Waals surface area contributed by atoms with Crippen LogP contribution in [-0.2, 0) is 9.53 Å². The molecule has 0 aliphatic rings. The highest BCUT2D eigenvalue weighted by Gasteiger charge is 2.23. The maximum atomic E-state index is 11.5. The van der Waals surface area contributed by atoms with Gasteiger partial charge in [0.2, 0.25) is 5.91 Å². The number of hydrogen-bond donors (Lipinski definition) is 1. The van der Waals surface area contributed by atoms with E-state index >= 15 is 0 Å². The molecule has 8 heteroatoms. The van der Waals surface area contributed by atoms with Gasteiger partial charge in [-0.15, -0.1) is 4.91 Å². The maximum Gasteiger partial charge on any atom is 0.341 e. The van der Waals surface area contributed by atoms with Crippen LogP contribution in [0.2, 0.25) is 5.02 Å². The van der Waals surface area contributed by atoms with E-state index in [-0.39, 0.29) is 22.0 Å². The molecule has 96 valence electrons. The minimum atomic E-state index is -0.811. The number of benzene rings is 1. The molecule has 0 aliphatic carbocycles. The summed E-state index contributed by atoms with van der Waals surface area (Å²) in [4.78, 5) is 33.4. The Morgan fingerprint density at radius 2 is 2.11 bits per heavy atom. The Morgan fingerprint density at radius 1 is 1.50 bits per heavy atom. The van der Waals surface area contributed by atoms with Crippen LogP contribution in [0.3, 0.4) is 0 Å². The molecule has 1 N–H and O–H groups in total. The second-order valence-electron chi connectivity index (χ2n) is 3.20. The van der Waals surface area contributed by atoms with Gasteiger partial charge >= 0.3 is 5.97 Å². The Hall–Kier alpha value is -1.47. The zero-order valence-electron chi connectivity index (χ0n) is 9.41. The summed E-state index contributed by atoms with van der Waals surface area (Å²) in [5, 5.41) is 5.13. The molecule has 0 saturated heterocycles. The third kappa shape index (κ3) is 2.85. The fraction of sp³-hybridized carbons (Fsp3) is 0.200. The predicted octanol–water partition coefficient (Wildman–Crippen LogP) is 3.25. The van der Waals surface area contributed by atoms with Gasteiger partial charge in [-0.05, 0) is 27.2 Å². The summed E-state index contributed by atoms with van der Waals surface area (Å²) >= 11 is 8.98. The van der Waals surface area contributed by atoms with Gasteiger partial charge in [-0.1, -0.05) is 11.6 Å². The Labute approximate surface area is 116 Å². The van der Waals surface area contributed by atoms with E-state index in [1.165, 1.54) is 13.0 Å². The Balaban J connectivity index is 3.56. The number of esters is 1. The molecule has 1 rings (SSSR count). The average Bonchev–Trinajstić information content (AvgIpc) is 2.30. The molecule has 6 nitrogen and oxygen atoms in total. The molecule has 1 aromatic carbocycles. The molecule has 0 atom stereocenters. The van der Waals surface area contributed by atoms with Crippen molar-refractivity contribution in [3.05, 3.63) is 26.0 Å².